The van der Waals surface area contributed by atoms with E-state index in [4.69, 9.17) is 4.52 Å². The highest BCUT2D eigenvalue weighted by Gasteiger charge is 2.25. The molecule has 0 fully saturated rings. The Hall–Kier alpha value is -1.23. The average Bonchev–Trinajstić information content (AvgIpc) is 3.06. The van der Waals surface area contributed by atoms with Crippen LogP contribution in [0.2, 0.25) is 0 Å². The van der Waals surface area contributed by atoms with Crippen LogP contribution in [0.25, 0.3) is 0 Å². The molecule has 2 aromatic heterocycles. The van der Waals surface area contributed by atoms with E-state index in [2.05, 4.69) is 105 Å². The third-order valence-electron chi connectivity index (χ3n) is 3.73. The maximum absolute atomic E-state index is 5.31. The molecule has 0 radical (unpaired) electrons. The van der Waals surface area contributed by atoms with E-state index in [0.29, 0.717) is 0 Å². The molecule has 0 atom stereocenters. The summed E-state index contributed by atoms with van der Waals surface area (Å²) >= 11 is 1.72. The van der Waals surface area contributed by atoms with Gasteiger partial charge in [0.05, 0.1) is 5.69 Å². The molecule has 2 heterocycles. The maximum atomic E-state index is 5.31. The minimum Gasteiger partial charge on any atom is -0.361 e. The molecule has 5 heteroatoms. The molecular weight excluding hydrogens is 342 g/mol. The minimum absolute atomic E-state index is 0.0521. The summed E-state index contributed by atoms with van der Waals surface area (Å²) in [6, 6.07) is 2.06. The third kappa shape index (κ3) is 6.49. The molecule has 0 aromatic carbocycles. The Labute approximate surface area is 163 Å². The van der Waals surface area contributed by atoms with Crippen molar-refractivity contribution in [2.24, 2.45) is 0 Å². The van der Waals surface area contributed by atoms with Crippen molar-refractivity contribution in [3.05, 3.63) is 27.5 Å². The second-order valence-corrected chi connectivity index (χ2v) is 12.0. The fourth-order valence-electron chi connectivity index (χ4n) is 1.81. The van der Waals surface area contributed by atoms with Gasteiger partial charge in [0, 0.05) is 27.7 Å². The van der Waals surface area contributed by atoms with Gasteiger partial charge in [0.15, 0.2) is 0 Å². The lowest BCUT2D eigenvalue weighted by Gasteiger charge is -2.14. The van der Waals surface area contributed by atoms with Crippen LogP contribution in [0.4, 0.5) is 0 Å². The number of hydrogen-bond donors (Lipinski definition) is 0. The number of hydrogen-bond acceptors (Lipinski definition) is 5. The van der Waals surface area contributed by atoms with Gasteiger partial charge in [-0.2, -0.15) is 0 Å². The van der Waals surface area contributed by atoms with Crippen molar-refractivity contribution in [2.75, 3.05) is 0 Å². The van der Waals surface area contributed by atoms with E-state index in [0.717, 1.165) is 21.5 Å². The van der Waals surface area contributed by atoms with Gasteiger partial charge < -0.3 is 4.52 Å². The second-order valence-electron chi connectivity index (χ2n) is 11.0. The number of nitrogens with zero attached hydrogens (tertiary/aromatic N) is 3. The van der Waals surface area contributed by atoms with E-state index in [1.54, 1.807) is 11.3 Å². The van der Waals surface area contributed by atoms with Crippen molar-refractivity contribution in [1.29, 1.82) is 0 Å². The summed E-state index contributed by atoms with van der Waals surface area (Å²) in [6.07, 6.45) is 0. The highest BCUT2D eigenvalue weighted by Crippen LogP contribution is 2.31. The minimum atomic E-state index is 0.0521. The van der Waals surface area contributed by atoms with Gasteiger partial charge in [-0.05, 0) is 0 Å². The van der Waals surface area contributed by atoms with E-state index in [9.17, 15) is 0 Å². The van der Waals surface area contributed by atoms with E-state index in [1.165, 1.54) is 0 Å². The van der Waals surface area contributed by atoms with Crippen molar-refractivity contribution in [2.45, 2.75) is 105 Å². The molecule has 0 saturated carbocycles. The van der Waals surface area contributed by atoms with Crippen LogP contribution < -0.4 is 0 Å². The molecule has 148 valence electrons. The summed E-state index contributed by atoms with van der Waals surface area (Å²) in [4.78, 5) is 0. The average molecular weight is 380 g/mol. The predicted molar refractivity (Wildman–Crippen MR) is 111 cm³/mol. The van der Waals surface area contributed by atoms with Gasteiger partial charge in [0.1, 0.15) is 15.8 Å². The zero-order chi connectivity index (χ0) is 20.6. The Morgan fingerprint density at radius 1 is 0.654 bits per heavy atom. The van der Waals surface area contributed by atoms with Gasteiger partial charge in [0.2, 0.25) is 0 Å². The predicted octanol–water partition coefficient (Wildman–Crippen LogP) is 6.40. The van der Waals surface area contributed by atoms with Crippen LogP contribution in [0.1, 0.15) is 105 Å². The topological polar surface area (TPSA) is 51.8 Å². The largest absolute Gasteiger partial charge is 0.361 e. The van der Waals surface area contributed by atoms with E-state index >= 15 is 0 Å². The van der Waals surface area contributed by atoms with Crippen molar-refractivity contribution in [3.8, 4) is 0 Å². The van der Waals surface area contributed by atoms with Gasteiger partial charge in [-0.25, -0.2) is 0 Å². The van der Waals surface area contributed by atoms with Crippen LogP contribution in [-0.4, -0.2) is 15.4 Å². The van der Waals surface area contributed by atoms with E-state index < -0.39 is 0 Å². The van der Waals surface area contributed by atoms with Crippen LogP contribution in [0.5, 0.6) is 0 Å². The lowest BCUT2D eigenvalue weighted by Crippen LogP contribution is -2.12. The smallest absolute Gasteiger partial charge is 0.142 e. The van der Waals surface area contributed by atoms with Crippen LogP contribution in [-0.2, 0) is 21.7 Å². The van der Waals surface area contributed by atoms with E-state index in [-0.39, 0.29) is 21.7 Å². The summed E-state index contributed by atoms with van der Waals surface area (Å²) in [7, 11) is 0. The first-order valence-corrected chi connectivity index (χ1v) is 10.1. The molecule has 0 amide bonds. The third-order valence-corrected chi connectivity index (χ3v) is 5.50. The van der Waals surface area contributed by atoms with Crippen LogP contribution in [0.3, 0.4) is 0 Å². The van der Waals surface area contributed by atoms with Gasteiger partial charge >= 0.3 is 0 Å². The van der Waals surface area contributed by atoms with Crippen LogP contribution in [0, 0.1) is 0 Å². The van der Waals surface area contributed by atoms with E-state index in [1.807, 2.05) is 0 Å². The molecule has 0 aliphatic rings. The summed E-state index contributed by atoms with van der Waals surface area (Å²) in [5.41, 5.74) is 1.41. The fraction of sp³-hybridized carbons (Fsp3) is 0.762. The van der Waals surface area contributed by atoms with Crippen molar-refractivity contribution in [1.82, 2.24) is 15.4 Å². The highest BCUT2D eigenvalue weighted by molar-refractivity contribution is 7.11. The molecule has 2 rings (SSSR count). The molecule has 4 nitrogen and oxygen atoms in total. The normalized spacial score (nSPS) is 13.4. The van der Waals surface area contributed by atoms with Crippen molar-refractivity contribution in [3.63, 3.8) is 0 Å². The zero-order valence-corrected chi connectivity index (χ0v) is 19.6. The first kappa shape index (κ1) is 22.8. The zero-order valence-electron chi connectivity index (χ0n) is 18.7. The molecule has 2 aromatic rings. The Balaban J connectivity index is 0.000000260. The lowest BCUT2D eigenvalue weighted by atomic mass is 9.88. The summed E-state index contributed by atoms with van der Waals surface area (Å²) in [6.45, 7) is 25.8. The molecule has 0 unspecified atom stereocenters. The first-order chi connectivity index (χ1) is 11.4. The van der Waals surface area contributed by atoms with Gasteiger partial charge in [-0.1, -0.05) is 88.2 Å². The van der Waals surface area contributed by atoms with Gasteiger partial charge in [-0.15, -0.1) is 21.5 Å². The quantitative estimate of drug-likeness (QED) is 0.531. The maximum Gasteiger partial charge on any atom is 0.142 e. The molecule has 0 aliphatic carbocycles. The highest BCUT2D eigenvalue weighted by atomic mass is 32.1. The summed E-state index contributed by atoms with van der Waals surface area (Å²) in [5.74, 6) is 0.956. The Morgan fingerprint density at radius 3 is 1.27 bits per heavy atom. The van der Waals surface area contributed by atoms with Crippen LogP contribution in [0.15, 0.2) is 10.6 Å². The summed E-state index contributed by atoms with van der Waals surface area (Å²) < 4.78 is 5.31. The molecule has 0 bridgehead atoms. The molecular formula is C21H37N3OS. The summed E-state index contributed by atoms with van der Waals surface area (Å²) in [5, 5.41) is 14.8. The molecule has 0 aliphatic heterocycles. The number of aromatic nitrogens is 3. The Morgan fingerprint density at radius 2 is 1.08 bits per heavy atom. The number of rotatable bonds is 0. The second kappa shape index (κ2) is 7.41. The van der Waals surface area contributed by atoms with Crippen LogP contribution >= 0.6 is 11.3 Å². The van der Waals surface area contributed by atoms with Crippen molar-refractivity contribution < 1.29 is 4.52 Å². The molecule has 0 saturated heterocycles. The first-order valence-electron chi connectivity index (χ1n) is 9.24. The molecule has 26 heavy (non-hydrogen) atoms. The monoisotopic (exact) mass is 379 g/mol. The lowest BCUT2D eigenvalue weighted by molar-refractivity contribution is 0.319. The van der Waals surface area contributed by atoms with Gasteiger partial charge in [-0.3, -0.25) is 0 Å². The van der Waals surface area contributed by atoms with Crippen molar-refractivity contribution >= 4 is 11.3 Å². The molecule has 0 spiro atoms. The van der Waals surface area contributed by atoms with Gasteiger partial charge in [0.25, 0.3) is 0 Å². The Kier molecular flexibility index (Phi) is 6.50. The Bertz CT molecular complexity index is 582. The molecule has 0 N–H and O–H groups in total. The fourth-order valence-corrected chi connectivity index (χ4v) is 2.77. The standard InChI is InChI=1S/C11H19NO.C10H18N2S/c1-10(2,3)8-7-9(13-12-8)11(4,5)6;1-9(2,3)7-11-12-8(13-7)10(4,5)6/h7H,1-6H3;1-6H3. The SMILES string of the molecule is CC(C)(C)c1cc(C(C)(C)C)on1.CC(C)(C)c1nnc(C(C)(C)C)s1.